The molecule has 0 amide bonds. The number of nitrogens with zero attached hydrogens (tertiary/aromatic N) is 2. The van der Waals surface area contributed by atoms with Crippen molar-refractivity contribution in [1.29, 1.82) is 0 Å². The molecule has 2 aromatic rings. The largest absolute Gasteiger partial charge is 0.497 e. The lowest BCUT2D eigenvalue weighted by molar-refractivity contribution is 0.395. The lowest BCUT2D eigenvalue weighted by Crippen LogP contribution is -2.05. The van der Waals surface area contributed by atoms with Crippen LogP contribution in [0.15, 0.2) is 24.5 Å². The molecule has 5 N–H and O–H groups in total. The SMILES string of the molecule is COc1ccc(Nc2ncnc(N)c2N)c(OC)c1. The second-order valence-corrected chi connectivity index (χ2v) is 3.71. The van der Waals surface area contributed by atoms with Gasteiger partial charge in [-0.3, -0.25) is 0 Å². The number of hydrogen-bond acceptors (Lipinski definition) is 7. The summed E-state index contributed by atoms with van der Waals surface area (Å²) in [7, 11) is 3.16. The van der Waals surface area contributed by atoms with Crippen molar-refractivity contribution in [2.75, 3.05) is 31.0 Å². The average Bonchev–Trinajstić information content (AvgIpc) is 2.44. The molecule has 0 fully saturated rings. The average molecular weight is 261 g/mol. The van der Waals surface area contributed by atoms with Crippen LogP contribution in [0, 0.1) is 0 Å². The summed E-state index contributed by atoms with van der Waals surface area (Å²) < 4.78 is 10.4. The molecule has 19 heavy (non-hydrogen) atoms. The van der Waals surface area contributed by atoms with Crippen LogP contribution >= 0.6 is 0 Å². The van der Waals surface area contributed by atoms with E-state index in [4.69, 9.17) is 20.9 Å². The molecule has 0 unspecified atom stereocenters. The fraction of sp³-hybridized carbons (Fsp3) is 0.167. The lowest BCUT2D eigenvalue weighted by atomic mass is 10.2. The molecule has 0 spiro atoms. The first kappa shape index (κ1) is 12.7. The van der Waals surface area contributed by atoms with E-state index in [2.05, 4.69) is 15.3 Å². The number of nitrogens with two attached hydrogens (primary N) is 2. The quantitative estimate of drug-likeness (QED) is 0.763. The standard InChI is InChI=1S/C12H15N5O2/c1-18-7-3-4-8(9(5-7)19-2)17-12-10(13)11(14)15-6-16-12/h3-6H,13H2,1-2H3,(H3,14,15,16,17). The highest BCUT2D eigenvalue weighted by Gasteiger charge is 2.09. The summed E-state index contributed by atoms with van der Waals surface area (Å²) in [4.78, 5) is 7.84. The van der Waals surface area contributed by atoms with Crippen molar-refractivity contribution in [2.24, 2.45) is 0 Å². The number of nitrogens with one attached hydrogen (secondary N) is 1. The Kier molecular flexibility index (Phi) is 3.56. The van der Waals surface area contributed by atoms with Gasteiger partial charge in [-0.25, -0.2) is 9.97 Å². The number of benzene rings is 1. The third-order valence-corrected chi connectivity index (χ3v) is 2.58. The van der Waals surface area contributed by atoms with Crippen LogP contribution in [0.25, 0.3) is 0 Å². The smallest absolute Gasteiger partial charge is 0.159 e. The van der Waals surface area contributed by atoms with Crippen LogP contribution in [0.3, 0.4) is 0 Å². The second-order valence-electron chi connectivity index (χ2n) is 3.71. The first-order chi connectivity index (χ1) is 9.15. The molecule has 0 aliphatic carbocycles. The number of hydrogen-bond donors (Lipinski definition) is 3. The van der Waals surface area contributed by atoms with Crippen molar-refractivity contribution < 1.29 is 9.47 Å². The van der Waals surface area contributed by atoms with Gasteiger partial charge in [-0.05, 0) is 12.1 Å². The number of methoxy groups -OCH3 is 2. The highest BCUT2D eigenvalue weighted by molar-refractivity contribution is 5.78. The molecule has 0 saturated heterocycles. The van der Waals surface area contributed by atoms with Gasteiger partial charge in [0.05, 0.1) is 19.9 Å². The molecule has 2 rings (SSSR count). The summed E-state index contributed by atoms with van der Waals surface area (Å²) >= 11 is 0. The molecular weight excluding hydrogens is 246 g/mol. The van der Waals surface area contributed by atoms with Gasteiger partial charge in [-0.1, -0.05) is 0 Å². The van der Waals surface area contributed by atoms with Gasteiger partial charge in [0.15, 0.2) is 11.6 Å². The predicted molar refractivity (Wildman–Crippen MR) is 73.7 cm³/mol. The van der Waals surface area contributed by atoms with Crippen molar-refractivity contribution in [3.8, 4) is 11.5 Å². The minimum atomic E-state index is 0.227. The van der Waals surface area contributed by atoms with Crippen LogP contribution in [0.4, 0.5) is 23.0 Å². The van der Waals surface area contributed by atoms with Crippen LogP contribution in [0.2, 0.25) is 0 Å². The van der Waals surface area contributed by atoms with Gasteiger partial charge < -0.3 is 26.3 Å². The Morgan fingerprint density at radius 2 is 1.89 bits per heavy atom. The Morgan fingerprint density at radius 3 is 2.58 bits per heavy atom. The predicted octanol–water partition coefficient (Wildman–Crippen LogP) is 1.40. The zero-order chi connectivity index (χ0) is 13.8. The molecule has 0 saturated carbocycles. The first-order valence-electron chi connectivity index (χ1n) is 5.50. The third-order valence-electron chi connectivity index (χ3n) is 2.58. The minimum absolute atomic E-state index is 0.227. The topological polar surface area (TPSA) is 108 Å². The van der Waals surface area contributed by atoms with Gasteiger partial charge in [0.25, 0.3) is 0 Å². The van der Waals surface area contributed by atoms with Gasteiger partial charge in [-0.2, -0.15) is 0 Å². The molecule has 100 valence electrons. The Bertz CT molecular complexity index is 588. The van der Waals surface area contributed by atoms with E-state index in [9.17, 15) is 0 Å². The molecule has 1 heterocycles. The number of anilines is 4. The van der Waals surface area contributed by atoms with Crippen molar-refractivity contribution in [3.63, 3.8) is 0 Å². The Hall–Kier alpha value is -2.70. The Balaban J connectivity index is 2.35. The van der Waals surface area contributed by atoms with E-state index in [-0.39, 0.29) is 5.82 Å². The van der Waals surface area contributed by atoms with E-state index in [1.165, 1.54) is 6.33 Å². The molecule has 1 aromatic carbocycles. The zero-order valence-corrected chi connectivity index (χ0v) is 10.7. The van der Waals surface area contributed by atoms with E-state index in [1.807, 2.05) is 0 Å². The minimum Gasteiger partial charge on any atom is -0.497 e. The van der Waals surface area contributed by atoms with Crippen LogP contribution in [-0.4, -0.2) is 24.2 Å². The van der Waals surface area contributed by atoms with E-state index < -0.39 is 0 Å². The highest BCUT2D eigenvalue weighted by atomic mass is 16.5. The van der Waals surface area contributed by atoms with E-state index in [0.717, 1.165) is 0 Å². The monoisotopic (exact) mass is 261 g/mol. The van der Waals surface area contributed by atoms with Crippen molar-refractivity contribution in [3.05, 3.63) is 24.5 Å². The lowest BCUT2D eigenvalue weighted by Gasteiger charge is -2.13. The van der Waals surface area contributed by atoms with Crippen molar-refractivity contribution in [2.45, 2.75) is 0 Å². The highest BCUT2D eigenvalue weighted by Crippen LogP contribution is 2.32. The van der Waals surface area contributed by atoms with Gasteiger partial charge >= 0.3 is 0 Å². The van der Waals surface area contributed by atoms with Crippen LogP contribution in [-0.2, 0) is 0 Å². The maximum absolute atomic E-state index is 5.80. The molecule has 7 heteroatoms. The summed E-state index contributed by atoms with van der Waals surface area (Å²) in [5.41, 5.74) is 12.4. The summed E-state index contributed by atoms with van der Waals surface area (Å²) in [6.45, 7) is 0. The van der Waals surface area contributed by atoms with E-state index in [1.54, 1.807) is 32.4 Å². The maximum Gasteiger partial charge on any atom is 0.159 e. The van der Waals surface area contributed by atoms with Crippen LogP contribution in [0.1, 0.15) is 0 Å². The van der Waals surface area contributed by atoms with E-state index >= 15 is 0 Å². The second kappa shape index (κ2) is 5.30. The summed E-state index contributed by atoms with van der Waals surface area (Å²) in [6.07, 6.45) is 1.34. The summed E-state index contributed by atoms with van der Waals surface area (Å²) in [5, 5.41) is 3.05. The number of ether oxygens (including phenoxy) is 2. The maximum atomic E-state index is 5.80. The Morgan fingerprint density at radius 1 is 1.11 bits per heavy atom. The van der Waals surface area contributed by atoms with Gasteiger partial charge in [0, 0.05) is 6.07 Å². The molecule has 0 atom stereocenters. The molecule has 0 aliphatic rings. The van der Waals surface area contributed by atoms with Crippen LogP contribution < -0.4 is 26.3 Å². The third kappa shape index (κ3) is 2.59. The van der Waals surface area contributed by atoms with Gasteiger partial charge in [-0.15, -0.1) is 0 Å². The fourth-order valence-electron chi connectivity index (χ4n) is 1.54. The molecule has 0 aliphatic heterocycles. The van der Waals surface area contributed by atoms with Crippen molar-refractivity contribution in [1.82, 2.24) is 9.97 Å². The molecule has 0 radical (unpaired) electrons. The summed E-state index contributed by atoms with van der Waals surface area (Å²) in [6, 6.07) is 5.35. The molecular formula is C12H15N5O2. The number of rotatable bonds is 4. The van der Waals surface area contributed by atoms with Gasteiger partial charge in [0.1, 0.15) is 23.5 Å². The first-order valence-corrected chi connectivity index (χ1v) is 5.50. The van der Waals surface area contributed by atoms with Crippen molar-refractivity contribution >= 4 is 23.0 Å². The van der Waals surface area contributed by atoms with Crippen LogP contribution in [0.5, 0.6) is 11.5 Å². The fourth-order valence-corrected chi connectivity index (χ4v) is 1.54. The number of aromatic nitrogens is 2. The Labute approximate surface area is 110 Å². The molecule has 0 bridgehead atoms. The molecule has 7 nitrogen and oxygen atoms in total. The summed E-state index contributed by atoms with van der Waals surface area (Å²) in [5.74, 6) is 1.95. The zero-order valence-electron chi connectivity index (χ0n) is 10.7. The normalized spacial score (nSPS) is 10.0. The molecule has 1 aromatic heterocycles. The number of nitrogen functional groups attached to an aromatic ring is 2. The van der Waals surface area contributed by atoms with Gasteiger partial charge in [0.2, 0.25) is 0 Å². The van der Waals surface area contributed by atoms with E-state index in [0.29, 0.717) is 28.7 Å².